The molecule has 1 amide bonds. The average molecular weight is 311 g/mol. The first-order valence-electron chi connectivity index (χ1n) is 6.82. The smallest absolute Gasteiger partial charge is 0.251 e. The van der Waals surface area contributed by atoms with Gasteiger partial charge in [0.1, 0.15) is 0 Å². The monoisotopic (exact) mass is 311 g/mol. The van der Waals surface area contributed by atoms with Crippen molar-refractivity contribution in [2.45, 2.75) is 17.4 Å². The third-order valence-corrected chi connectivity index (χ3v) is 5.45. The fourth-order valence-corrected chi connectivity index (χ4v) is 3.21. The number of benzene rings is 1. The number of likely N-dealkylation sites (tertiary alicyclic amines) is 1. The van der Waals surface area contributed by atoms with Gasteiger partial charge in [0.15, 0.2) is 0 Å². The van der Waals surface area contributed by atoms with Crippen molar-refractivity contribution in [3.05, 3.63) is 29.8 Å². The van der Waals surface area contributed by atoms with E-state index in [2.05, 4.69) is 10.2 Å². The van der Waals surface area contributed by atoms with E-state index in [9.17, 15) is 13.2 Å². The molecule has 7 heteroatoms. The molecule has 1 fully saturated rings. The summed E-state index contributed by atoms with van der Waals surface area (Å²) in [6.45, 7) is 1.82. The maximum absolute atomic E-state index is 12.1. The fourth-order valence-electron chi connectivity index (χ4n) is 2.31. The Balaban J connectivity index is 2.07. The highest BCUT2D eigenvalue weighted by Crippen LogP contribution is 2.14. The molecule has 0 radical (unpaired) electrons. The van der Waals surface area contributed by atoms with Crippen LogP contribution in [0.1, 0.15) is 16.8 Å². The molecule has 1 aromatic carbocycles. The number of hydrogen-bond acceptors (Lipinski definition) is 4. The van der Waals surface area contributed by atoms with Crippen molar-refractivity contribution in [3.63, 3.8) is 0 Å². The predicted octanol–water partition coefficient (Wildman–Crippen LogP) is 0.371. The van der Waals surface area contributed by atoms with E-state index in [0.29, 0.717) is 5.56 Å². The highest BCUT2D eigenvalue weighted by Gasteiger charge is 2.22. The van der Waals surface area contributed by atoms with Crippen molar-refractivity contribution in [2.75, 3.05) is 34.2 Å². The van der Waals surface area contributed by atoms with Gasteiger partial charge in [-0.2, -0.15) is 0 Å². The lowest BCUT2D eigenvalue weighted by Crippen LogP contribution is -2.36. The van der Waals surface area contributed by atoms with E-state index in [1.807, 2.05) is 7.05 Å². The molecule has 1 aliphatic heterocycles. The maximum atomic E-state index is 12.1. The second-order valence-electron chi connectivity index (χ2n) is 5.53. The van der Waals surface area contributed by atoms with Gasteiger partial charge in [0.05, 0.1) is 4.90 Å². The van der Waals surface area contributed by atoms with Crippen molar-refractivity contribution in [2.24, 2.45) is 0 Å². The van der Waals surface area contributed by atoms with Crippen LogP contribution in [0.3, 0.4) is 0 Å². The Morgan fingerprint density at radius 2 is 1.90 bits per heavy atom. The zero-order valence-electron chi connectivity index (χ0n) is 12.5. The molecule has 1 aliphatic rings. The van der Waals surface area contributed by atoms with E-state index in [1.165, 1.54) is 26.2 Å². The minimum absolute atomic E-state index is 0.160. The van der Waals surface area contributed by atoms with Crippen LogP contribution in [-0.2, 0) is 10.0 Å². The SMILES string of the molecule is CN1CCC(NC(=O)c2ccc(S(=O)(=O)N(C)C)cc2)C1. The van der Waals surface area contributed by atoms with Gasteiger partial charge in [-0.15, -0.1) is 0 Å². The van der Waals surface area contributed by atoms with Crippen LogP contribution in [0.2, 0.25) is 0 Å². The number of hydrogen-bond donors (Lipinski definition) is 1. The molecule has 116 valence electrons. The molecule has 1 unspecified atom stereocenters. The number of sulfonamides is 1. The highest BCUT2D eigenvalue weighted by molar-refractivity contribution is 7.89. The van der Waals surface area contributed by atoms with E-state index in [4.69, 9.17) is 0 Å². The summed E-state index contributed by atoms with van der Waals surface area (Å²) < 4.78 is 25.0. The van der Waals surface area contributed by atoms with Gasteiger partial charge in [0, 0.05) is 32.2 Å². The van der Waals surface area contributed by atoms with Crippen LogP contribution in [0.5, 0.6) is 0 Å². The van der Waals surface area contributed by atoms with Crippen LogP contribution in [0, 0.1) is 0 Å². The number of amides is 1. The van der Waals surface area contributed by atoms with Gasteiger partial charge in [-0.25, -0.2) is 12.7 Å². The molecule has 1 aromatic rings. The van der Waals surface area contributed by atoms with Gasteiger partial charge < -0.3 is 10.2 Å². The highest BCUT2D eigenvalue weighted by atomic mass is 32.2. The van der Waals surface area contributed by atoms with Crippen molar-refractivity contribution in [1.29, 1.82) is 0 Å². The lowest BCUT2D eigenvalue weighted by molar-refractivity contribution is 0.0938. The van der Waals surface area contributed by atoms with Crippen molar-refractivity contribution >= 4 is 15.9 Å². The lowest BCUT2D eigenvalue weighted by atomic mass is 10.2. The molecule has 0 aliphatic carbocycles. The Labute approximate surface area is 125 Å². The number of rotatable bonds is 4. The van der Waals surface area contributed by atoms with Crippen LogP contribution >= 0.6 is 0 Å². The largest absolute Gasteiger partial charge is 0.348 e. The lowest BCUT2D eigenvalue weighted by Gasteiger charge is -2.14. The van der Waals surface area contributed by atoms with Crippen molar-refractivity contribution < 1.29 is 13.2 Å². The summed E-state index contributed by atoms with van der Waals surface area (Å²) >= 11 is 0. The number of nitrogens with one attached hydrogen (secondary N) is 1. The van der Waals surface area contributed by atoms with Crippen LogP contribution in [-0.4, -0.2) is 63.8 Å². The van der Waals surface area contributed by atoms with Gasteiger partial charge in [0.25, 0.3) is 5.91 Å². The third-order valence-electron chi connectivity index (χ3n) is 3.62. The second-order valence-corrected chi connectivity index (χ2v) is 7.68. The topological polar surface area (TPSA) is 69.7 Å². The minimum atomic E-state index is -3.45. The van der Waals surface area contributed by atoms with Gasteiger partial charge in [-0.1, -0.05) is 0 Å². The summed E-state index contributed by atoms with van der Waals surface area (Å²) in [7, 11) is 1.52. The van der Waals surface area contributed by atoms with E-state index < -0.39 is 10.0 Å². The van der Waals surface area contributed by atoms with Gasteiger partial charge in [-0.3, -0.25) is 4.79 Å². The molecule has 1 N–H and O–H groups in total. The van der Waals surface area contributed by atoms with Crippen LogP contribution in [0.15, 0.2) is 29.2 Å². The minimum Gasteiger partial charge on any atom is -0.348 e. The number of nitrogens with zero attached hydrogens (tertiary/aromatic N) is 2. The second kappa shape index (κ2) is 6.13. The predicted molar refractivity (Wildman–Crippen MR) is 80.7 cm³/mol. The Morgan fingerprint density at radius 1 is 1.29 bits per heavy atom. The molecule has 0 saturated carbocycles. The first-order valence-corrected chi connectivity index (χ1v) is 8.26. The van der Waals surface area contributed by atoms with E-state index in [-0.39, 0.29) is 16.8 Å². The molecule has 2 rings (SSSR count). The molecule has 6 nitrogen and oxygen atoms in total. The Kier molecular flexibility index (Phi) is 4.65. The average Bonchev–Trinajstić information content (AvgIpc) is 2.84. The molecule has 1 heterocycles. The number of carbonyl (C=O) groups excluding carboxylic acids is 1. The van der Waals surface area contributed by atoms with Crippen LogP contribution in [0.4, 0.5) is 0 Å². The summed E-state index contributed by atoms with van der Waals surface area (Å²) in [5.74, 6) is -0.163. The molecule has 21 heavy (non-hydrogen) atoms. The van der Waals surface area contributed by atoms with Crippen molar-refractivity contribution in [3.8, 4) is 0 Å². The van der Waals surface area contributed by atoms with Crippen LogP contribution in [0.25, 0.3) is 0 Å². The quantitative estimate of drug-likeness (QED) is 0.872. The normalized spacial score (nSPS) is 19.9. The summed E-state index contributed by atoms with van der Waals surface area (Å²) in [6, 6.07) is 6.18. The molecular weight excluding hydrogens is 290 g/mol. The van der Waals surface area contributed by atoms with Gasteiger partial charge >= 0.3 is 0 Å². The standard InChI is InChI=1S/C14H21N3O3S/c1-16(2)21(19,20)13-6-4-11(5-7-13)14(18)15-12-8-9-17(3)10-12/h4-7,12H,8-10H2,1-3H3,(H,15,18). The molecule has 0 aromatic heterocycles. The zero-order chi connectivity index (χ0) is 15.6. The summed E-state index contributed by atoms with van der Waals surface area (Å²) in [4.78, 5) is 14.5. The molecule has 1 saturated heterocycles. The molecule has 1 atom stereocenters. The molecular formula is C14H21N3O3S. The maximum Gasteiger partial charge on any atom is 0.251 e. The van der Waals surface area contributed by atoms with E-state index >= 15 is 0 Å². The first-order chi connectivity index (χ1) is 9.80. The van der Waals surface area contributed by atoms with E-state index in [1.54, 1.807) is 12.1 Å². The fraction of sp³-hybridized carbons (Fsp3) is 0.500. The Hall–Kier alpha value is -1.44. The van der Waals surface area contributed by atoms with E-state index in [0.717, 1.165) is 23.8 Å². The summed E-state index contributed by atoms with van der Waals surface area (Å²) in [5, 5.41) is 2.97. The Morgan fingerprint density at radius 3 is 2.38 bits per heavy atom. The summed E-state index contributed by atoms with van der Waals surface area (Å²) in [6.07, 6.45) is 0.940. The van der Waals surface area contributed by atoms with Gasteiger partial charge in [-0.05, 0) is 44.3 Å². The molecule has 0 spiro atoms. The zero-order valence-corrected chi connectivity index (χ0v) is 13.4. The molecule has 0 bridgehead atoms. The van der Waals surface area contributed by atoms with Gasteiger partial charge in [0.2, 0.25) is 10.0 Å². The number of carbonyl (C=O) groups is 1. The summed E-state index contributed by atoms with van der Waals surface area (Å²) in [5.41, 5.74) is 0.474. The Bertz CT molecular complexity index is 611. The first kappa shape index (κ1) is 15.9. The van der Waals surface area contributed by atoms with Crippen molar-refractivity contribution in [1.82, 2.24) is 14.5 Å². The van der Waals surface area contributed by atoms with Crippen LogP contribution < -0.4 is 5.32 Å². The number of likely N-dealkylation sites (N-methyl/N-ethyl adjacent to an activating group) is 1. The third kappa shape index (κ3) is 3.61.